The van der Waals surface area contributed by atoms with E-state index >= 15 is 0 Å². The smallest absolute Gasteiger partial charge is 0.326 e. The summed E-state index contributed by atoms with van der Waals surface area (Å²) in [6.45, 7) is 1.68. The molecule has 2 aromatic rings. The molecule has 1 aromatic heterocycles. The van der Waals surface area contributed by atoms with Crippen molar-refractivity contribution in [3.8, 4) is 22.1 Å². The first-order chi connectivity index (χ1) is 15.8. The summed E-state index contributed by atoms with van der Waals surface area (Å²) in [6, 6.07) is 4.96. The lowest BCUT2D eigenvalue weighted by molar-refractivity contribution is -0.149. The second kappa shape index (κ2) is 9.38. The lowest BCUT2D eigenvalue weighted by Gasteiger charge is -2.33. The maximum Gasteiger partial charge on any atom is 0.326 e. The van der Waals surface area contributed by atoms with Crippen molar-refractivity contribution >= 4 is 29.2 Å². The number of carbonyl (C=O) groups excluding carboxylic acids is 3. The topological polar surface area (TPSA) is 107 Å². The summed E-state index contributed by atoms with van der Waals surface area (Å²) in [5, 5.41) is 5.34. The number of rotatable bonds is 7. The molecule has 3 amide bonds. The average molecular weight is 474 g/mol. The zero-order chi connectivity index (χ0) is 23.6. The van der Waals surface area contributed by atoms with Gasteiger partial charge in [0.15, 0.2) is 11.5 Å². The number of thiazole rings is 1. The fraction of sp³-hybridized carbons (Fsp3) is 0.478. The van der Waals surface area contributed by atoms with Crippen LogP contribution < -0.4 is 14.8 Å². The van der Waals surface area contributed by atoms with Gasteiger partial charge in [-0.15, -0.1) is 11.3 Å². The minimum atomic E-state index is -0.868. The van der Waals surface area contributed by atoms with E-state index in [0.717, 1.165) is 28.3 Å². The Morgan fingerprint density at radius 2 is 1.94 bits per heavy atom. The van der Waals surface area contributed by atoms with Gasteiger partial charge in [0.05, 0.1) is 19.9 Å². The number of benzene rings is 1. The van der Waals surface area contributed by atoms with Crippen molar-refractivity contribution in [3.05, 3.63) is 29.3 Å². The molecule has 176 valence electrons. The number of carbonyl (C=O) groups is 3. The number of hydrogen-bond donors (Lipinski definition) is 1. The van der Waals surface area contributed by atoms with E-state index in [1.807, 2.05) is 12.1 Å². The Morgan fingerprint density at radius 1 is 1.21 bits per heavy atom. The first-order valence-corrected chi connectivity index (χ1v) is 11.7. The number of esters is 1. The lowest BCUT2D eigenvalue weighted by Crippen LogP contribution is -2.49. The van der Waals surface area contributed by atoms with Crippen LogP contribution >= 0.6 is 11.3 Å². The normalized spacial score (nSPS) is 22.4. The van der Waals surface area contributed by atoms with Crippen molar-refractivity contribution in [1.29, 1.82) is 0 Å². The average Bonchev–Trinajstić information content (AvgIpc) is 3.38. The molecule has 1 aliphatic heterocycles. The molecular formula is C23H27N3O6S. The quantitative estimate of drug-likeness (QED) is 0.485. The van der Waals surface area contributed by atoms with Crippen LogP contribution in [0.5, 0.6) is 11.5 Å². The number of nitrogens with one attached hydrogen (secondary N) is 1. The summed E-state index contributed by atoms with van der Waals surface area (Å²) in [7, 11) is 3.14. The van der Waals surface area contributed by atoms with Gasteiger partial charge in [0.25, 0.3) is 5.91 Å². The number of nitrogens with zero attached hydrogens (tertiary/aromatic N) is 2. The van der Waals surface area contributed by atoms with Crippen molar-refractivity contribution in [2.45, 2.75) is 44.8 Å². The lowest BCUT2D eigenvalue weighted by atomic mass is 9.77. The molecule has 2 fully saturated rings. The summed E-state index contributed by atoms with van der Waals surface area (Å²) in [5.41, 5.74) is 0.558. The van der Waals surface area contributed by atoms with Crippen LogP contribution in [0.1, 0.15) is 38.3 Å². The van der Waals surface area contributed by atoms with Crippen LogP contribution in [-0.4, -0.2) is 54.1 Å². The molecule has 9 nitrogen and oxygen atoms in total. The van der Waals surface area contributed by atoms with Gasteiger partial charge in [-0.3, -0.25) is 14.5 Å². The predicted octanol–water partition coefficient (Wildman–Crippen LogP) is 3.37. The Morgan fingerprint density at radius 3 is 2.64 bits per heavy atom. The van der Waals surface area contributed by atoms with Crippen LogP contribution in [0.15, 0.2) is 23.6 Å². The highest BCUT2D eigenvalue weighted by atomic mass is 32.1. The minimum Gasteiger partial charge on any atom is -0.493 e. The Balaban J connectivity index is 1.34. The van der Waals surface area contributed by atoms with Crippen LogP contribution in [0.25, 0.3) is 10.6 Å². The van der Waals surface area contributed by atoms with E-state index in [0.29, 0.717) is 36.0 Å². The van der Waals surface area contributed by atoms with E-state index in [1.54, 1.807) is 25.7 Å². The van der Waals surface area contributed by atoms with Crippen LogP contribution in [-0.2, 0) is 20.9 Å². The van der Waals surface area contributed by atoms with Gasteiger partial charge in [-0.25, -0.2) is 9.78 Å². The number of hydrogen-bond acceptors (Lipinski definition) is 8. The van der Waals surface area contributed by atoms with E-state index in [9.17, 15) is 14.4 Å². The molecule has 33 heavy (non-hydrogen) atoms. The summed E-state index contributed by atoms with van der Waals surface area (Å²) < 4.78 is 15.9. The monoisotopic (exact) mass is 473 g/mol. The van der Waals surface area contributed by atoms with Crippen molar-refractivity contribution in [3.63, 3.8) is 0 Å². The summed E-state index contributed by atoms with van der Waals surface area (Å²) >= 11 is 1.41. The molecule has 1 aromatic carbocycles. The Bertz CT molecular complexity index is 1060. The molecule has 1 N–H and O–H groups in total. The number of methoxy groups -OCH3 is 2. The van der Waals surface area contributed by atoms with E-state index < -0.39 is 24.1 Å². The second-order valence-corrected chi connectivity index (χ2v) is 9.32. The molecule has 1 spiro atoms. The van der Waals surface area contributed by atoms with Gasteiger partial charge in [-0.1, -0.05) is 6.92 Å². The molecule has 0 radical (unpaired) electrons. The van der Waals surface area contributed by atoms with Crippen molar-refractivity contribution in [2.24, 2.45) is 5.92 Å². The Labute approximate surface area is 196 Å². The maximum atomic E-state index is 12.9. The van der Waals surface area contributed by atoms with Gasteiger partial charge in [-0.05, 0) is 49.8 Å². The SMILES string of the molecule is COc1ccc(-c2nc(COC(=O)CN3C(=O)NC4(CCC(C)CC4)C3=O)cs2)cc1OC. The van der Waals surface area contributed by atoms with Crippen LogP contribution in [0.2, 0.25) is 0 Å². The first-order valence-electron chi connectivity index (χ1n) is 10.8. The summed E-state index contributed by atoms with van der Waals surface area (Å²) in [4.78, 5) is 43.1. The number of ether oxygens (including phenoxy) is 3. The number of amides is 3. The molecule has 1 saturated heterocycles. The molecule has 0 bridgehead atoms. The van der Waals surface area contributed by atoms with Gasteiger partial charge in [-0.2, -0.15) is 0 Å². The molecular weight excluding hydrogens is 446 g/mol. The number of urea groups is 1. The maximum absolute atomic E-state index is 12.9. The Hall–Kier alpha value is -3.14. The van der Waals surface area contributed by atoms with E-state index in [2.05, 4.69) is 17.2 Å². The standard InChI is InChI=1S/C23H27N3O6S/c1-14-6-8-23(9-7-14)21(28)26(22(29)25-23)11-19(27)32-12-16-13-33-20(24-16)15-4-5-17(30-2)18(10-15)31-3/h4-5,10,13-14H,6-9,11-12H2,1-3H3,(H,25,29). The van der Waals surface area contributed by atoms with Crippen LogP contribution in [0, 0.1) is 5.92 Å². The molecule has 4 rings (SSSR count). The predicted molar refractivity (Wildman–Crippen MR) is 121 cm³/mol. The zero-order valence-electron chi connectivity index (χ0n) is 18.9. The van der Waals surface area contributed by atoms with E-state index in [4.69, 9.17) is 14.2 Å². The van der Waals surface area contributed by atoms with Crippen LogP contribution in [0.4, 0.5) is 4.79 Å². The molecule has 0 unspecified atom stereocenters. The van der Waals surface area contributed by atoms with Crippen molar-refractivity contribution < 1.29 is 28.6 Å². The van der Waals surface area contributed by atoms with Gasteiger partial charge in [0.2, 0.25) is 0 Å². The fourth-order valence-corrected chi connectivity index (χ4v) is 5.02. The summed E-state index contributed by atoms with van der Waals surface area (Å²) in [6.07, 6.45) is 2.94. The highest BCUT2D eigenvalue weighted by Gasteiger charge is 2.52. The highest BCUT2D eigenvalue weighted by Crippen LogP contribution is 2.36. The number of aromatic nitrogens is 1. The van der Waals surface area contributed by atoms with Crippen molar-refractivity contribution in [2.75, 3.05) is 20.8 Å². The molecule has 1 aliphatic carbocycles. The van der Waals surface area contributed by atoms with Gasteiger partial charge in [0, 0.05) is 10.9 Å². The highest BCUT2D eigenvalue weighted by molar-refractivity contribution is 7.13. The molecule has 2 aliphatic rings. The summed E-state index contributed by atoms with van der Waals surface area (Å²) in [5.74, 6) is 0.761. The first kappa shape index (κ1) is 23.0. The van der Waals surface area contributed by atoms with E-state index in [1.165, 1.54) is 11.3 Å². The minimum absolute atomic E-state index is 0.0467. The fourth-order valence-electron chi connectivity index (χ4n) is 4.22. The van der Waals surface area contributed by atoms with Gasteiger partial charge in [0.1, 0.15) is 23.7 Å². The van der Waals surface area contributed by atoms with Gasteiger partial charge < -0.3 is 19.5 Å². The number of imide groups is 1. The third kappa shape index (κ3) is 4.66. The van der Waals surface area contributed by atoms with Crippen molar-refractivity contribution in [1.82, 2.24) is 15.2 Å². The van der Waals surface area contributed by atoms with Crippen LogP contribution in [0.3, 0.4) is 0 Å². The third-order valence-electron chi connectivity index (χ3n) is 6.22. The zero-order valence-corrected chi connectivity index (χ0v) is 19.7. The second-order valence-electron chi connectivity index (χ2n) is 8.46. The molecule has 0 atom stereocenters. The molecule has 1 saturated carbocycles. The third-order valence-corrected chi connectivity index (χ3v) is 7.16. The Kier molecular flexibility index (Phi) is 6.55. The molecule has 10 heteroatoms. The largest absolute Gasteiger partial charge is 0.493 e. The molecule has 2 heterocycles. The van der Waals surface area contributed by atoms with Gasteiger partial charge >= 0.3 is 12.0 Å². The van der Waals surface area contributed by atoms with E-state index in [-0.39, 0.29) is 12.5 Å².